The molecule has 0 atom stereocenters. The Morgan fingerprint density at radius 2 is 2.00 bits per heavy atom. The maximum absolute atomic E-state index is 2.40. The smallest absolute Gasteiger partial charge is 0.0162 e. The highest BCUT2D eigenvalue weighted by molar-refractivity contribution is 5.26. The molecule has 1 aliphatic rings. The first-order chi connectivity index (χ1) is 6.40. The predicted octanol–water partition coefficient (Wildman–Crippen LogP) is 3.91. The number of hydrogen-bond acceptors (Lipinski definition) is 0. The van der Waals surface area contributed by atoms with E-state index in [1.165, 1.54) is 37.7 Å². The normalized spacial score (nSPS) is 17.9. The van der Waals surface area contributed by atoms with Gasteiger partial charge in [-0.3, -0.25) is 0 Å². The first-order valence-electron chi connectivity index (χ1n) is 5.49. The van der Waals surface area contributed by atoms with Crippen LogP contribution in [0.2, 0.25) is 0 Å². The maximum atomic E-state index is 2.40. The van der Waals surface area contributed by atoms with Gasteiger partial charge in [-0.15, -0.1) is 0 Å². The second kappa shape index (κ2) is 3.95. The summed E-state index contributed by atoms with van der Waals surface area (Å²) < 4.78 is 0. The Hall–Kier alpha value is -0.780. The van der Waals surface area contributed by atoms with Gasteiger partial charge in [-0.25, -0.2) is 0 Å². The molecule has 0 spiro atoms. The van der Waals surface area contributed by atoms with E-state index in [4.69, 9.17) is 0 Å². The molecule has 1 saturated carbocycles. The van der Waals surface area contributed by atoms with Gasteiger partial charge in [0.05, 0.1) is 0 Å². The summed E-state index contributed by atoms with van der Waals surface area (Å²) in [6.07, 6.45) is 6.85. The molecule has 0 aliphatic heterocycles. The van der Waals surface area contributed by atoms with Crippen LogP contribution >= 0.6 is 0 Å². The van der Waals surface area contributed by atoms with Gasteiger partial charge >= 0.3 is 0 Å². The van der Waals surface area contributed by atoms with Crippen LogP contribution in [-0.2, 0) is 6.42 Å². The molecule has 2 rings (SSSR count). The predicted molar refractivity (Wildman–Crippen MR) is 57.0 cm³/mol. The van der Waals surface area contributed by atoms with Gasteiger partial charge in [0, 0.05) is 0 Å². The van der Waals surface area contributed by atoms with E-state index in [1.54, 1.807) is 5.56 Å². The van der Waals surface area contributed by atoms with E-state index < -0.39 is 0 Å². The standard InChI is InChI=1S/C13H18/c1-2-11-6-5-9-13(10-11)12-7-3-4-8-12/h5-6,9-10,12H,2-4,7-8H2,1H3. The van der Waals surface area contributed by atoms with Crippen LogP contribution < -0.4 is 0 Å². The van der Waals surface area contributed by atoms with Crippen LogP contribution in [0.15, 0.2) is 24.3 Å². The molecule has 0 unspecified atom stereocenters. The van der Waals surface area contributed by atoms with E-state index >= 15 is 0 Å². The summed E-state index contributed by atoms with van der Waals surface area (Å²) in [5, 5.41) is 0. The van der Waals surface area contributed by atoms with E-state index in [1.807, 2.05) is 0 Å². The lowest BCUT2D eigenvalue weighted by molar-refractivity contribution is 0.722. The molecule has 1 aromatic rings. The van der Waals surface area contributed by atoms with Crippen molar-refractivity contribution in [3.8, 4) is 0 Å². The second-order valence-corrected chi connectivity index (χ2v) is 4.08. The van der Waals surface area contributed by atoms with Gasteiger partial charge in [-0.05, 0) is 36.3 Å². The van der Waals surface area contributed by atoms with Crippen molar-refractivity contribution < 1.29 is 0 Å². The SMILES string of the molecule is CCc1cccc(C2CCCC2)c1. The molecule has 0 heteroatoms. The molecule has 13 heavy (non-hydrogen) atoms. The molecule has 0 aromatic heterocycles. The summed E-state index contributed by atoms with van der Waals surface area (Å²) >= 11 is 0. The molecule has 0 amide bonds. The van der Waals surface area contributed by atoms with Crippen molar-refractivity contribution in [1.29, 1.82) is 0 Å². The zero-order valence-electron chi connectivity index (χ0n) is 8.42. The van der Waals surface area contributed by atoms with E-state index in [2.05, 4.69) is 31.2 Å². The third kappa shape index (κ3) is 1.93. The molecule has 1 aliphatic carbocycles. The zero-order valence-corrected chi connectivity index (χ0v) is 8.42. The molecule has 1 fully saturated rings. The molecule has 0 N–H and O–H groups in total. The average molecular weight is 174 g/mol. The number of aryl methyl sites for hydroxylation is 1. The highest BCUT2D eigenvalue weighted by Gasteiger charge is 2.16. The van der Waals surface area contributed by atoms with Gasteiger partial charge in [-0.1, -0.05) is 44.0 Å². The third-order valence-corrected chi connectivity index (χ3v) is 3.19. The van der Waals surface area contributed by atoms with Crippen LogP contribution in [0.4, 0.5) is 0 Å². The molecule has 0 nitrogen and oxygen atoms in total. The second-order valence-electron chi connectivity index (χ2n) is 4.08. The molecule has 0 heterocycles. The van der Waals surface area contributed by atoms with Crippen molar-refractivity contribution in [2.45, 2.75) is 44.9 Å². The lowest BCUT2D eigenvalue weighted by atomic mass is 9.95. The van der Waals surface area contributed by atoms with E-state index in [0.29, 0.717) is 0 Å². The number of benzene rings is 1. The topological polar surface area (TPSA) is 0 Å². The lowest BCUT2D eigenvalue weighted by Crippen LogP contribution is -1.93. The fourth-order valence-electron chi connectivity index (χ4n) is 2.33. The van der Waals surface area contributed by atoms with Crippen molar-refractivity contribution in [2.75, 3.05) is 0 Å². The Kier molecular flexibility index (Phi) is 2.68. The lowest BCUT2D eigenvalue weighted by Gasteiger charge is -2.10. The van der Waals surface area contributed by atoms with Crippen molar-refractivity contribution in [1.82, 2.24) is 0 Å². The third-order valence-electron chi connectivity index (χ3n) is 3.19. The van der Waals surface area contributed by atoms with Gasteiger partial charge in [0.15, 0.2) is 0 Å². The molecular weight excluding hydrogens is 156 g/mol. The highest BCUT2D eigenvalue weighted by atomic mass is 14.2. The van der Waals surface area contributed by atoms with Crippen molar-refractivity contribution in [3.05, 3.63) is 35.4 Å². The molecular formula is C13H18. The average Bonchev–Trinajstić information content (AvgIpc) is 2.71. The summed E-state index contributed by atoms with van der Waals surface area (Å²) in [6, 6.07) is 9.15. The largest absolute Gasteiger partial charge is 0.0617 e. The quantitative estimate of drug-likeness (QED) is 0.637. The maximum Gasteiger partial charge on any atom is -0.0162 e. The molecule has 1 aromatic carbocycles. The summed E-state index contributed by atoms with van der Waals surface area (Å²) in [5.74, 6) is 0.867. The summed E-state index contributed by atoms with van der Waals surface area (Å²) in [4.78, 5) is 0. The van der Waals surface area contributed by atoms with Crippen LogP contribution in [-0.4, -0.2) is 0 Å². The Balaban J connectivity index is 2.18. The first-order valence-corrected chi connectivity index (χ1v) is 5.49. The Labute approximate surface area is 81.0 Å². The minimum absolute atomic E-state index is 0.867. The monoisotopic (exact) mass is 174 g/mol. The molecule has 0 bridgehead atoms. The van der Waals surface area contributed by atoms with Crippen LogP contribution in [0.3, 0.4) is 0 Å². The van der Waals surface area contributed by atoms with E-state index in [9.17, 15) is 0 Å². The Bertz CT molecular complexity index is 269. The summed E-state index contributed by atoms with van der Waals surface area (Å²) in [6.45, 7) is 2.23. The van der Waals surface area contributed by atoms with Gasteiger partial charge in [-0.2, -0.15) is 0 Å². The molecule has 70 valence electrons. The molecule has 0 radical (unpaired) electrons. The van der Waals surface area contributed by atoms with Gasteiger partial charge in [0.25, 0.3) is 0 Å². The minimum atomic E-state index is 0.867. The van der Waals surface area contributed by atoms with Crippen LogP contribution in [0.25, 0.3) is 0 Å². The molecule has 0 saturated heterocycles. The van der Waals surface area contributed by atoms with Crippen molar-refractivity contribution >= 4 is 0 Å². The van der Waals surface area contributed by atoms with E-state index in [0.717, 1.165) is 5.92 Å². The van der Waals surface area contributed by atoms with Crippen LogP contribution in [0.1, 0.15) is 49.7 Å². The van der Waals surface area contributed by atoms with Gasteiger partial charge in [0.2, 0.25) is 0 Å². The van der Waals surface area contributed by atoms with E-state index in [-0.39, 0.29) is 0 Å². The van der Waals surface area contributed by atoms with Gasteiger partial charge < -0.3 is 0 Å². The van der Waals surface area contributed by atoms with Crippen LogP contribution in [0, 0.1) is 0 Å². The summed E-state index contributed by atoms with van der Waals surface area (Å²) in [5.41, 5.74) is 3.07. The summed E-state index contributed by atoms with van der Waals surface area (Å²) in [7, 11) is 0. The minimum Gasteiger partial charge on any atom is -0.0617 e. The Morgan fingerprint density at radius 3 is 2.69 bits per heavy atom. The van der Waals surface area contributed by atoms with Crippen molar-refractivity contribution in [2.24, 2.45) is 0 Å². The zero-order chi connectivity index (χ0) is 9.10. The Morgan fingerprint density at radius 1 is 1.23 bits per heavy atom. The number of hydrogen-bond donors (Lipinski definition) is 0. The van der Waals surface area contributed by atoms with Gasteiger partial charge in [0.1, 0.15) is 0 Å². The number of rotatable bonds is 2. The van der Waals surface area contributed by atoms with Crippen LogP contribution in [0.5, 0.6) is 0 Å². The fourth-order valence-corrected chi connectivity index (χ4v) is 2.33. The first kappa shape index (κ1) is 8.80. The fraction of sp³-hybridized carbons (Fsp3) is 0.538. The van der Waals surface area contributed by atoms with Crippen molar-refractivity contribution in [3.63, 3.8) is 0 Å². The highest BCUT2D eigenvalue weighted by Crippen LogP contribution is 2.34.